The Hall–Kier alpha value is -0.570. The van der Waals surface area contributed by atoms with E-state index in [4.69, 9.17) is 0 Å². The van der Waals surface area contributed by atoms with E-state index in [0.717, 1.165) is 19.5 Å². The number of carbonyl (C=O) groups is 1. The average molecular weight is 200 g/mol. The predicted octanol–water partition coefficient (Wildman–Crippen LogP) is 1.39. The predicted molar refractivity (Wildman–Crippen MR) is 60.2 cm³/mol. The van der Waals surface area contributed by atoms with Gasteiger partial charge in [-0.05, 0) is 25.4 Å². The van der Waals surface area contributed by atoms with Gasteiger partial charge in [0.15, 0.2) is 0 Å². The van der Waals surface area contributed by atoms with Gasteiger partial charge in [-0.25, -0.2) is 0 Å². The SMILES string of the molecule is CCC(C)CC(=O)NCC(C)CNC. The summed E-state index contributed by atoms with van der Waals surface area (Å²) in [4.78, 5) is 11.4. The van der Waals surface area contributed by atoms with Gasteiger partial charge in [0.2, 0.25) is 5.91 Å². The molecule has 0 heterocycles. The molecule has 3 nitrogen and oxygen atoms in total. The van der Waals surface area contributed by atoms with Crippen molar-refractivity contribution in [3.63, 3.8) is 0 Å². The molecule has 2 unspecified atom stereocenters. The van der Waals surface area contributed by atoms with E-state index in [2.05, 4.69) is 31.4 Å². The molecule has 0 fully saturated rings. The molecule has 0 spiro atoms. The lowest BCUT2D eigenvalue weighted by Gasteiger charge is -2.13. The normalized spacial score (nSPS) is 14.9. The number of rotatable bonds is 7. The summed E-state index contributed by atoms with van der Waals surface area (Å²) in [5.74, 6) is 1.18. The molecule has 0 rings (SSSR count). The molecule has 2 N–H and O–H groups in total. The third kappa shape index (κ3) is 6.89. The zero-order valence-corrected chi connectivity index (χ0v) is 9.89. The van der Waals surface area contributed by atoms with Gasteiger partial charge in [0.1, 0.15) is 0 Å². The van der Waals surface area contributed by atoms with Crippen LogP contribution in [0.2, 0.25) is 0 Å². The molecule has 2 atom stereocenters. The van der Waals surface area contributed by atoms with Crippen LogP contribution in [-0.2, 0) is 4.79 Å². The van der Waals surface area contributed by atoms with Crippen LogP contribution in [0.1, 0.15) is 33.6 Å². The van der Waals surface area contributed by atoms with Crippen molar-refractivity contribution in [3.05, 3.63) is 0 Å². The van der Waals surface area contributed by atoms with Gasteiger partial charge in [-0.3, -0.25) is 4.79 Å². The Bertz CT molecular complexity index is 159. The Morgan fingerprint density at radius 3 is 2.36 bits per heavy atom. The molecule has 0 aromatic rings. The van der Waals surface area contributed by atoms with Crippen molar-refractivity contribution in [3.8, 4) is 0 Å². The summed E-state index contributed by atoms with van der Waals surface area (Å²) in [5.41, 5.74) is 0. The molecule has 0 aliphatic rings. The number of nitrogens with one attached hydrogen (secondary N) is 2. The van der Waals surface area contributed by atoms with E-state index in [1.807, 2.05) is 7.05 Å². The number of hydrogen-bond donors (Lipinski definition) is 2. The standard InChI is InChI=1S/C11H24N2O/c1-5-9(2)6-11(14)13-8-10(3)7-12-4/h9-10,12H,5-8H2,1-4H3,(H,13,14). The molecule has 3 heteroatoms. The van der Waals surface area contributed by atoms with Crippen LogP contribution in [-0.4, -0.2) is 26.0 Å². The summed E-state index contributed by atoms with van der Waals surface area (Å²) >= 11 is 0. The van der Waals surface area contributed by atoms with E-state index in [0.29, 0.717) is 18.3 Å². The fourth-order valence-corrected chi connectivity index (χ4v) is 1.24. The maximum Gasteiger partial charge on any atom is 0.220 e. The van der Waals surface area contributed by atoms with Gasteiger partial charge in [-0.2, -0.15) is 0 Å². The van der Waals surface area contributed by atoms with Crippen molar-refractivity contribution in [1.29, 1.82) is 0 Å². The lowest BCUT2D eigenvalue weighted by molar-refractivity contribution is -0.122. The highest BCUT2D eigenvalue weighted by molar-refractivity contribution is 5.76. The van der Waals surface area contributed by atoms with Crippen LogP contribution in [0.25, 0.3) is 0 Å². The van der Waals surface area contributed by atoms with Gasteiger partial charge in [0, 0.05) is 13.0 Å². The fourth-order valence-electron chi connectivity index (χ4n) is 1.24. The monoisotopic (exact) mass is 200 g/mol. The second kappa shape index (κ2) is 7.80. The van der Waals surface area contributed by atoms with E-state index < -0.39 is 0 Å². The molecule has 0 aromatic heterocycles. The first-order valence-electron chi connectivity index (χ1n) is 5.51. The topological polar surface area (TPSA) is 41.1 Å². The number of hydrogen-bond acceptors (Lipinski definition) is 2. The summed E-state index contributed by atoms with van der Waals surface area (Å²) in [6.45, 7) is 8.07. The maximum absolute atomic E-state index is 11.4. The van der Waals surface area contributed by atoms with Crippen LogP contribution >= 0.6 is 0 Å². The summed E-state index contributed by atoms with van der Waals surface area (Å²) < 4.78 is 0. The average Bonchev–Trinajstić information content (AvgIpc) is 2.15. The van der Waals surface area contributed by atoms with Crippen molar-refractivity contribution in [1.82, 2.24) is 10.6 Å². The van der Waals surface area contributed by atoms with Gasteiger partial charge in [-0.15, -0.1) is 0 Å². The quantitative estimate of drug-likeness (QED) is 0.652. The molecule has 0 aliphatic heterocycles. The van der Waals surface area contributed by atoms with Gasteiger partial charge >= 0.3 is 0 Å². The maximum atomic E-state index is 11.4. The van der Waals surface area contributed by atoms with Gasteiger partial charge in [-0.1, -0.05) is 27.2 Å². The minimum absolute atomic E-state index is 0.183. The van der Waals surface area contributed by atoms with E-state index in [9.17, 15) is 4.79 Å². The largest absolute Gasteiger partial charge is 0.356 e. The van der Waals surface area contributed by atoms with Gasteiger partial charge in [0.05, 0.1) is 0 Å². The molecule has 0 aliphatic carbocycles. The summed E-state index contributed by atoms with van der Waals surface area (Å²) in [6.07, 6.45) is 1.72. The minimum Gasteiger partial charge on any atom is -0.356 e. The number of amides is 1. The Kier molecular flexibility index (Phi) is 7.48. The molecule has 1 amide bonds. The zero-order chi connectivity index (χ0) is 11.0. The van der Waals surface area contributed by atoms with Crippen LogP contribution in [0.5, 0.6) is 0 Å². The molecule has 0 saturated carbocycles. The molecular formula is C11H24N2O. The van der Waals surface area contributed by atoms with E-state index in [1.165, 1.54) is 0 Å². The lowest BCUT2D eigenvalue weighted by Crippen LogP contribution is -2.32. The molecular weight excluding hydrogens is 176 g/mol. The second-order valence-electron chi connectivity index (χ2n) is 4.18. The molecule has 0 radical (unpaired) electrons. The van der Waals surface area contributed by atoms with Crippen LogP contribution in [0.3, 0.4) is 0 Å². The van der Waals surface area contributed by atoms with Crippen LogP contribution < -0.4 is 10.6 Å². The highest BCUT2D eigenvalue weighted by Gasteiger charge is 2.08. The van der Waals surface area contributed by atoms with Crippen molar-refractivity contribution >= 4 is 5.91 Å². The smallest absolute Gasteiger partial charge is 0.220 e. The van der Waals surface area contributed by atoms with E-state index in [-0.39, 0.29) is 5.91 Å². The highest BCUT2D eigenvalue weighted by atomic mass is 16.1. The molecule has 0 saturated heterocycles. The van der Waals surface area contributed by atoms with E-state index in [1.54, 1.807) is 0 Å². The summed E-state index contributed by atoms with van der Waals surface area (Å²) in [5, 5.41) is 6.05. The Morgan fingerprint density at radius 2 is 1.86 bits per heavy atom. The minimum atomic E-state index is 0.183. The van der Waals surface area contributed by atoms with Gasteiger partial charge in [0.25, 0.3) is 0 Å². The van der Waals surface area contributed by atoms with Crippen molar-refractivity contribution in [2.75, 3.05) is 20.1 Å². The van der Waals surface area contributed by atoms with Crippen molar-refractivity contribution in [2.45, 2.75) is 33.6 Å². The first kappa shape index (κ1) is 13.4. The molecule has 0 bridgehead atoms. The Morgan fingerprint density at radius 1 is 1.21 bits per heavy atom. The molecule has 84 valence electrons. The summed E-state index contributed by atoms with van der Waals surface area (Å²) in [6, 6.07) is 0. The van der Waals surface area contributed by atoms with Crippen LogP contribution in [0, 0.1) is 11.8 Å². The first-order chi connectivity index (χ1) is 6.60. The third-order valence-electron chi connectivity index (χ3n) is 2.43. The first-order valence-corrected chi connectivity index (χ1v) is 5.51. The van der Waals surface area contributed by atoms with Crippen molar-refractivity contribution in [2.24, 2.45) is 11.8 Å². The molecule has 14 heavy (non-hydrogen) atoms. The van der Waals surface area contributed by atoms with Gasteiger partial charge < -0.3 is 10.6 Å². The Labute approximate surface area is 87.6 Å². The number of carbonyl (C=O) groups excluding carboxylic acids is 1. The van der Waals surface area contributed by atoms with E-state index >= 15 is 0 Å². The highest BCUT2D eigenvalue weighted by Crippen LogP contribution is 2.05. The second-order valence-corrected chi connectivity index (χ2v) is 4.18. The Balaban J connectivity index is 3.53. The third-order valence-corrected chi connectivity index (χ3v) is 2.43. The molecule has 0 aromatic carbocycles. The van der Waals surface area contributed by atoms with Crippen molar-refractivity contribution < 1.29 is 4.79 Å². The van der Waals surface area contributed by atoms with Crippen LogP contribution in [0.4, 0.5) is 0 Å². The lowest BCUT2D eigenvalue weighted by atomic mass is 10.0. The summed E-state index contributed by atoms with van der Waals surface area (Å²) in [7, 11) is 1.93. The zero-order valence-electron chi connectivity index (χ0n) is 9.89. The van der Waals surface area contributed by atoms with Crippen LogP contribution in [0.15, 0.2) is 0 Å². The fraction of sp³-hybridized carbons (Fsp3) is 0.909.